The molecule has 0 bridgehead atoms. The Kier molecular flexibility index (Phi) is 2.41. The second kappa shape index (κ2) is 3.73. The summed E-state index contributed by atoms with van der Waals surface area (Å²) in [4.78, 5) is 3.19. The van der Waals surface area contributed by atoms with Crippen molar-refractivity contribution in [2.75, 3.05) is 0 Å². The molecule has 0 N–H and O–H groups in total. The third kappa shape index (κ3) is 1.83. The van der Waals surface area contributed by atoms with Crippen LogP contribution in [0.4, 0.5) is 13.2 Å². The van der Waals surface area contributed by atoms with Crippen LogP contribution in [0.5, 0.6) is 0 Å². The van der Waals surface area contributed by atoms with Gasteiger partial charge in [0.15, 0.2) is 0 Å². The largest absolute Gasteiger partial charge is 0.225 e. The van der Waals surface area contributed by atoms with E-state index in [1.807, 2.05) is 0 Å². The van der Waals surface area contributed by atoms with E-state index < -0.39 is 17.6 Å². The highest BCUT2D eigenvalue weighted by atomic mass is 19.1. The smallest absolute Gasteiger partial charge is 0.221 e. The molecule has 0 spiro atoms. The van der Waals surface area contributed by atoms with E-state index in [2.05, 4.69) is 4.98 Å². The Morgan fingerprint density at radius 2 is 1.67 bits per heavy atom. The maximum atomic E-state index is 13.3. The molecule has 0 aliphatic rings. The SMILES string of the molecule is Fc1cnc(F)c(-c2ccccc2F)c1. The Morgan fingerprint density at radius 3 is 2.40 bits per heavy atom. The molecule has 1 aromatic heterocycles. The van der Waals surface area contributed by atoms with Crippen molar-refractivity contribution < 1.29 is 13.2 Å². The van der Waals surface area contributed by atoms with Crippen molar-refractivity contribution in [1.82, 2.24) is 4.98 Å². The molecule has 0 saturated carbocycles. The van der Waals surface area contributed by atoms with Crippen molar-refractivity contribution in [2.24, 2.45) is 0 Å². The summed E-state index contributed by atoms with van der Waals surface area (Å²) in [7, 11) is 0. The molecule has 0 aliphatic heterocycles. The number of benzene rings is 1. The third-order valence-electron chi connectivity index (χ3n) is 1.97. The van der Waals surface area contributed by atoms with Crippen LogP contribution in [0.2, 0.25) is 0 Å². The van der Waals surface area contributed by atoms with Crippen molar-refractivity contribution in [3.8, 4) is 11.1 Å². The van der Waals surface area contributed by atoms with Gasteiger partial charge in [0.2, 0.25) is 5.95 Å². The van der Waals surface area contributed by atoms with Crippen molar-refractivity contribution in [1.29, 1.82) is 0 Å². The second-order valence-corrected chi connectivity index (χ2v) is 2.97. The van der Waals surface area contributed by atoms with Gasteiger partial charge in [0.25, 0.3) is 0 Å². The average Bonchev–Trinajstić information content (AvgIpc) is 2.23. The summed E-state index contributed by atoms with van der Waals surface area (Å²) < 4.78 is 39.3. The van der Waals surface area contributed by atoms with Gasteiger partial charge >= 0.3 is 0 Å². The minimum atomic E-state index is -0.888. The fourth-order valence-electron chi connectivity index (χ4n) is 1.29. The van der Waals surface area contributed by atoms with Gasteiger partial charge in [-0.1, -0.05) is 18.2 Å². The Labute approximate surface area is 84.2 Å². The minimum Gasteiger partial charge on any atom is -0.225 e. The first kappa shape index (κ1) is 9.71. The summed E-state index contributed by atoms with van der Waals surface area (Å²) in [6.45, 7) is 0. The first-order valence-electron chi connectivity index (χ1n) is 4.24. The molecular weight excluding hydrogens is 203 g/mol. The van der Waals surface area contributed by atoms with Crippen LogP contribution in [0.1, 0.15) is 0 Å². The first-order valence-corrected chi connectivity index (χ1v) is 4.24. The summed E-state index contributed by atoms with van der Waals surface area (Å²) in [5.74, 6) is -2.19. The lowest BCUT2D eigenvalue weighted by molar-refractivity contribution is 0.561. The fraction of sp³-hybridized carbons (Fsp3) is 0. The summed E-state index contributed by atoms with van der Waals surface area (Å²) in [5.41, 5.74) is -0.171. The van der Waals surface area contributed by atoms with E-state index in [0.29, 0.717) is 0 Å². The molecule has 2 aromatic rings. The van der Waals surface area contributed by atoms with Gasteiger partial charge in [-0.15, -0.1) is 0 Å². The predicted molar refractivity (Wildman–Crippen MR) is 49.5 cm³/mol. The summed E-state index contributed by atoms with van der Waals surface area (Å²) in [6, 6.07) is 6.49. The molecule has 0 fully saturated rings. The van der Waals surface area contributed by atoms with E-state index in [-0.39, 0.29) is 11.1 Å². The van der Waals surface area contributed by atoms with Gasteiger partial charge in [-0.3, -0.25) is 0 Å². The minimum absolute atomic E-state index is 0.00185. The van der Waals surface area contributed by atoms with E-state index >= 15 is 0 Å². The summed E-state index contributed by atoms with van der Waals surface area (Å²) in [5, 5.41) is 0. The maximum absolute atomic E-state index is 13.3. The maximum Gasteiger partial charge on any atom is 0.221 e. The van der Waals surface area contributed by atoms with Gasteiger partial charge in [0, 0.05) is 11.1 Å². The number of nitrogens with zero attached hydrogens (tertiary/aromatic N) is 1. The standard InChI is InChI=1S/C11H6F3N/c12-7-5-9(11(14)15-6-7)8-3-1-2-4-10(8)13/h1-6H. The zero-order valence-electron chi connectivity index (χ0n) is 7.55. The summed E-state index contributed by atoms with van der Waals surface area (Å²) >= 11 is 0. The van der Waals surface area contributed by atoms with Crippen molar-refractivity contribution >= 4 is 0 Å². The highest BCUT2D eigenvalue weighted by Gasteiger charge is 2.11. The van der Waals surface area contributed by atoms with E-state index in [1.54, 1.807) is 6.07 Å². The van der Waals surface area contributed by atoms with Crippen LogP contribution in [-0.4, -0.2) is 4.98 Å². The van der Waals surface area contributed by atoms with E-state index in [9.17, 15) is 13.2 Å². The number of rotatable bonds is 1. The van der Waals surface area contributed by atoms with Crippen LogP contribution in [0.25, 0.3) is 11.1 Å². The molecule has 0 aliphatic carbocycles. The molecule has 0 radical (unpaired) electrons. The number of aromatic nitrogens is 1. The predicted octanol–water partition coefficient (Wildman–Crippen LogP) is 3.17. The highest BCUT2D eigenvalue weighted by Crippen LogP contribution is 2.24. The van der Waals surface area contributed by atoms with Crippen molar-refractivity contribution in [2.45, 2.75) is 0 Å². The monoisotopic (exact) mass is 209 g/mol. The van der Waals surface area contributed by atoms with E-state index in [0.717, 1.165) is 12.3 Å². The lowest BCUT2D eigenvalue weighted by atomic mass is 10.1. The number of pyridine rings is 1. The van der Waals surface area contributed by atoms with Crippen LogP contribution in [0.15, 0.2) is 36.5 Å². The van der Waals surface area contributed by atoms with Crippen LogP contribution in [0.3, 0.4) is 0 Å². The molecule has 2 rings (SSSR count). The van der Waals surface area contributed by atoms with E-state index in [1.165, 1.54) is 18.2 Å². The average molecular weight is 209 g/mol. The first-order chi connectivity index (χ1) is 7.18. The third-order valence-corrected chi connectivity index (χ3v) is 1.97. The molecule has 0 atom stereocenters. The molecule has 76 valence electrons. The molecule has 0 amide bonds. The molecule has 1 nitrogen and oxygen atoms in total. The van der Waals surface area contributed by atoms with Gasteiger partial charge in [0.1, 0.15) is 11.6 Å². The molecule has 0 unspecified atom stereocenters. The molecule has 15 heavy (non-hydrogen) atoms. The Hall–Kier alpha value is -1.84. The Bertz CT molecular complexity index is 497. The number of hydrogen-bond acceptors (Lipinski definition) is 1. The molecule has 4 heteroatoms. The molecule has 0 saturated heterocycles. The van der Waals surface area contributed by atoms with E-state index in [4.69, 9.17) is 0 Å². The van der Waals surface area contributed by atoms with Crippen molar-refractivity contribution in [3.63, 3.8) is 0 Å². The lowest BCUT2D eigenvalue weighted by Gasteiger charge is -2.03. The fourth-order valence-corrected chi connectivity index (χ4v) is 1.29. The van der Waals surface area contributed by atoms with Crippen LogP contribution in [0, 0.1) is 17.6 Å². The molecule has 1 heterocycles. The van der Waals surface area contributed by atoms with Crippen LogP contribution >= 0.6 is 0 Å². The quantitative estimate of drug-likeness (QED) is 0.657. The second-order valence-electron chi connectivity index (χ2n) is 2.97. The molecule has 1 aromatic carbocycles. The Morgan fingerprint density at radius 1 is 0.933 bits per heavy atom. The zero-order chi connectivity index (χ0) is 10.8. The molecular formula is C11H6F3N. The lowest BCUT2D eigenvalue weighted by Crippen LogP contribution is -1.92. The van der Waals surface area contributed by atoms with Crippen LogP contribution < -0.4 is 0 Å². The number of hydrogen-bond donors (Lipinski definition) is 0. The van der Waals surface area contributed by atoms with Gasteiger partial charge in [-0.05, 0) is 12.1 Å². The zero-order valence-corrected chi connectivity index (χ0v) is 7.55. The van der Waals surface area contributed by atoms with Gasteiger partial charge in [-0.25, -0.2) is 13.8 Å². The number of halogens is 3. The Balaban J connectivity index is 2.64. The normalized spacial score (nSPS) is 10.3. The highest BCUT2D eigenvalue weighted by molar-refractivity contribution is 5.63. The van der Waals surface area contributed by atoms with Gasteiger partial charge in [0.05, 0.1) is 6.20 Å². The summed E-state index contributed by atoms with van der Waals surface area (Å²) in [6.07, 6.45) is 0.750. The van der Waals surface area contributed by atoms with Crippen LogP contribution in [-0.2, 0) is 0 Å². The van der Waals surface area contributed by atoms with Gasteiger partial charge in [-0.2, -0.15) is 4.39 Å². The van der Waals surface area contributed by atoms with Gasteiger partial charge < -0.3 is 0 Å². The van der Waals surface area contributed by atoms with Crippen molar-refractivity contribution in [3.05, 3.63) is 54.1 Å². The topological polar surface area (TPSA) is 12.9 Å².